The quantitative estimate of drug-likeness (QED) is 0.341. The Kier molecular flexibility index (Phi) is 5.09. The Labute approximate surface area is 229 Å². The third-order valence-electron chi connectivity index (χ3n) is 8.69. The molecule has 0 spiro atoms. The molecule has 7 rings (SSSR count). The highest BCUT2D eigenvalue weighted by Gasteiger charge is 2.57. The number of benzene rings is 1. The highest BCUT2D eigenvalue weighted by molar-refractivity contribution is 6.04. The summed E-state index contributed by atoms with van der Waals surface area (Å²) >= 11 is 0. The van der Waals surface area contributed by atoms with Gasteiger partial charge in [0.1, 0.15) is 29.0 Å². The van der Waals surface area contributed by atoms with Crippen LogP contribution in [0, 0.1) is 12.3 Å². The van der Waals surface area contributed by atoms with Gasteiger partial charge >= 0.3 is 0 Å². The Morgan fingerprint density at radius 2 is 1.93 bits per heavy atom. The number of pyridine rings is 1. The highest BCUT2D eigenvalue weighted by atomic mass is 16.2. The van der Waals surface area contributed by atoms with E-state index in [9.17, 15) is 9.59 Å². The van der Waals surface area contributed by atoms with Gasteiger partial charge in [-0.25, -0.2) is 15.0 Å². The van der Waals surface area contributed by atoms with Gasteiger partial charge in [0.15, 0.2) is 0 Å². The van der Waals surface area contributed by atoms with Gasteiger partial charge in [0.25, 0.3) is 11.5 Å². The van der Waals surface area contributed by atoms with Gasteiger partial charge in [0.05, 0.1) is 17.2 Å². The zero-order chi connectivity index (χ0) is 27.6. The van der Waals surface area contributed by atoms with Gasteiger partial charge in [-0.2, -0.15) is 0 Å². The highest BCUT2D eigenvalue weighted by Crippen LogP contribution is 2.57. The molecular weight excluding hydrogens is 504 g/mol. The van der Waals surface area contributed by atoms with Gasteiger partial charge in [-0.3, -0.25) is 14.6 Å². The number of anilines is 1. The second kappa shape index (κ2) is 8.48. The largest absolute Gasteiger partial charge is 0.383 e. The van der Waals surface area contributed by atoms with Crippen LogP contribution in [0.5, 0.6) is 0 Å². The lowest BCUT2D eigenvalue weighted by Crippen LogP contribution is -2.46. The van der Waals surface area contributed by atoms with Gasteiger partial charge in [0.2, 0.25) is 0 Å². The standard InChI is InChI=1S/C30H26N8O2/c1-3-22-23(19-12-18-6-4-5-7-21(18)33-13-19)24-25(31)34-16-35-26(24)38(22)30-10-8-29(15-30,9-11-30)36-27(39)20-14-32-17-37(2)28(20)40/h1,4-7,12-14,16-17H,8-11,15H2,2H3,(H,36,39)(H2,31,34,35). The molecule has 0 atom stereocenters. The monoisotopic (exact) mass is 530 g/mol. The van der Waals surface area contributed by atoms with E-state index >= 15 is 0 Å². The summed E-state index contributed by atoms with van der Waals surface area (Å²) in [7, 11) is 1.58. The molecule has 0 radical (unpaired) electrons. The second-order valence-electron chi connectivity index (χ2n) is 10.9. The Bertz CT molecular complexity index is 1960. The molecule has 2 fully saturated rings. The third kappa shape index (κ3) is 3.37. The Morgan fingerprint density at radius 3 is 2.73 bits per heavy atom. The molecule has 0 unspecified atom stereocenters. The summed E-state index contributed by atoms with van der Waals surface area (Å²) in [6.45, 7) is 0. The average Bonchev–Trinajstić information content (AvgIpc) is 3.63. The number of fused-ring (bicyclic) bond motifs is 4. The minimum Gasteiger partial charge on any atom is -0.383 e. The summed E-state index contributed by atoms with van der Waals surface area (Å²) < 4.78 is 3.45. The average molecular weight is 531 g/mol. The molecule has 2 bridgehead atoms. The molecule has 10 nitrogen and oxygen atoms in total. The number of nitrogens with one attached hydrogen (secondary N) is 1. The molecule has 1 amide bonds. The number of rotatable bonds is 4. The first kappa shape index (κ1) is 24.0. The summed E-state index contributed by atoms with van der Waals surface area (Å²) in [6, 6.07) is 9.97. The number of nitrogen functional groups attached to an aromatic ring is 1. The first-order chi connectivity index (χ1) is 19.3. The van der Waals surface area contributed by atoms with Crippen molar-refractivity contribution in [2.45, 2.75) is 43.2 Å². The van der Waals surface area contributed by atoms with E-state index in [1.165, 1.54) is 23.4 Å². The van der Waals surface area contributed by atoms with Crippen LogP contribution < -0.4 is 16.6 Å². The fourth-order valence-corrected chi connectivity index (χ4v) is 6.84. The number of carbonyl (C=O) groups is 1. The smallest absolute Gasteiger partial charge is 0.265 e. The van der Waals surface area contributed by atoms with E-state index in [2.05, 4.69) is 41.8 Å². The SMILES string of the molecule is C#Cc1c(-c2cnc3ccccc3c2)c2c(N)ncnc2n1C12CCC(NC(=O)c3cncn(C)c3=O)(CC1)C2. The van der Waals surface area contributed by atoms with Crippen molar-refractivity contribution in [3.63, 3.8) is 0 Å². The molecule has 0 saturated heterocycles. The number of aryl methyl sites for hydroxylation is 1. The second-order valence-corrected chi connectivity index (χ2v) is 10.9. The molecule has 4 aromatic heterocycles. The lowest BCUT2D eigenvalue weighted by Gasteiger charge is -2.30. The maximum Gasteiger partial charge on any atom is 0.265 e. The fourth-order valence-electron chi connectivity index (χ4n) is 6.84. The molecule has 10 heteroatoms. The summed E-state index contributed by atoms with van der Waals surface area (Å²) in [5.41, 5.74) is 9.14. The van der Waals surface area contributed by atoms with Crippen molar-refractivity contribution >= 4 is 33.7 Å². The number of hydrogen-bond donors (Lipinski definition) is 2. The van der Waals surface area contributed by atoms with Crippen molar-refractivity contribution in [1.29, 1.82) is 0 Å². The number of para-hydroxylation sites is 1. The number of amides is 1. The topological polar surface area (TPSA) is 134 Å². The van der Waals surface area contributed by atoms with Crippen LogP contribution in [0.4, 0.5) is 5.82 Å². The van der Waals surface area contributed by atoms with E-state index in [1.807, 2.05) is 30.5 Å². The Hall–Kier alpha value is -5.04. The van der Waals surface area contributed by atoms with Crippen LogP contribution in [0.25, 0.3) is 33.1 Å². The molecule has 2 aliphatic rings. The summed E-state index contributed by atoms with van der Waals surface area (Å²) in [4.78, 5) is 43.5. The molecule has 3 N–H and O–H groups in total. The fraction of sp³-hybridized carbons (Fsp3) is 0.267. The molecular formula is C30H26N8O2. The summed E-state index contributed by atoms with van der Waals surface area (Å²) in [6.07, 6.45) is 16.0. The van der Waals surface area contributed by atoms with Gasteiger partial charge < -0.3 is 20.2 Å². The number of carbonyl (C=O) groups excluding carboxylic acids is 1. The summed E-state index contributed by atoms with van der Waals surface area (Å²) in [5, 5.41) is 4.88. The summed E-state index contributed by atoms with van der Waals surface area (Å²) in [5.74, 6) is 2.89. The predicted molar refractivity (Wildman–Crippen MR) is 151 cm³/mol. The van der Waals surface area contributed by atoms with Gasteiger partial charge in [0, 0.05) is 47.0 Å². The maximum atomic E-state index is 13.2. The van der Waals surface area contributed by atoms with Crippen molar-refractivity contribution in [1.82, 2.24) is 34.4 Å². The van der Waals surface area contributed by atoms with E-state index < -0.39 is 11.4 Å². The van der Waals surface area contributed by atoms with Crippen LogP contribution in [0.2, 0.25) is 0 Å². The van der Waals surface area contributed by atoms with Crippen LogP contribution in [-0.4, -0.2) is 40.5 Å². The van der Waals surface area contributed by atoms with E-state index in [0.717, 1.165) is 47.7 Å². The maximum absolute atomic E-state index is 13.2. The first-order valence-corrected chi connectivity index (χ1v) is 13.2. The zero-order valence-electron chi connectivity index (χ0n) is 21.9. The minimum atomic E-state index is -0.469. The first-order valence-electron chi connectivity index (χ1n) is 13.2. The molecule has 0 aliphatic heterocycles. The Morgan fingerprint density at radius 1 is 1.12 bits per heavy atom. The van der Waals surface area contributed by atoms with E-state index in [4.69, 9.17) is 12.2 Å². The number of hydrogen-bond acceptors (Lipinski definition) is 7. The van der Waals surface area contributed by atoms with Crippen LogP contribution >= 0.6 is 0 Å². The predicted octanol–water partition coefficient (Wildman–Crippen LogP) is 3.15. The lowest BCUT2D eigenvalue weighted by molar-refractivity contribution is 0.0898. The van der Waals surface area contributed by atoms with Gasteiger partial charge in [-0.05, 0) is 44.2 Å². The zero-order valence-corrected chi connectivity index (χ0v) is 21.9. The molecule has 1 aromatic carbocycles. The molecule has 2 saturated carbocycles. The normalized spacial score (nSPS) is 21.6. The third-order valence-corrected chi connectivity index (χ3v) is 8.69. The molecule has 40 heavy (non-hydrogen) atoms. The molecule has 2 aliphatic carbocycles. The van der Waals surface area contributed by atoms with Crippen LogP contribution in [0.3, 0.4) is 0 Å². The molecule has 4 heterocycles. The van der Waals surface area contributed by atoms with Crippen molar-refractivity contribution in [2.75, 3.05) is 5.73 Å². The van der Waals surface area contributed by atoms with E-state index in [-0.39, 0.29) is 16.7 Å². The van der Waals surface area contributed by atoms with Crippen molar-refractivity contribution in [3.8, 4) is 23.5 Å². The lowest BCUT2D eigenvalue weighted by atomic mass is 9.90. The number of aromatic nitrogens is 6. The van der Waals surface area contributed by atoms with Crippen LogP contribution in [0.15, 0.2) is 60.2 Å². The van der Waals surface area contributed by atoms with Crippen LogP contribution in [-0.2, 0) is 12.6 Å². The van der Waals surface area contributed by atoms with Crippen molar-refractivity contribution in [2.24, 2.45) is 7.05 Å². The number of terminal acetylenes is 1. The van der Waals surface area contributed by atoms with Gasteiger partial charge in [-0.1, -0.05) is 24.1 Å². The number of nitrogens with zero attached hydrogens (tertiary/aromatic N) is 6. The molecule has 198 valence electrons. The van der Waals surface area contributed by atoms with E-state index in [1.54, 1.807) is 7.05 Å². The van der Waals surface area contributed by atoms with Crippen molar-refractivity contribution < 1.29 is 4.79 Å². The number of nitrogens with two attached hydrogens (primary N) is 1. The Balaban J connectivity index is 1.35. The van der Waals surface area contributed by atoms with E-state index in [0.29, 0.717) is 29.0 Å². The molecule has 5 aromatic rings. The minimum absolute atomic E-state index is 0.0334. The van der Waals surface area contributed by atoms with Crippen molar-refractivity contribution in [3.05, 3.63) is 77.0 Å². The van der Waals surface area contributed by atoms with Gasteiger partial charge in [-0.15, -0.1) is 6.42 Å². The van der Waals surface area contributed by atoms with Crippen LogP contribution in [0.1, 0.15) is 48.2 Å².